The largest absolute Gasteiger partial charge is 0.444 e. The van der Waals surface area contributed by atoms with E-state index in [4.69, 9.17) is 10.00 Å². The van der Waals surface area contributed by atoms with Crippen LogP contribution in [0.1, 0.15) is 45.0 Å². The second-order valence-corrected chi connectivity index (χ2v) is 4.59. The van der Waals surface area contributed by atoms with E-state index in [-0.39, 0.29) is 0 Å². The van der Waals surface area contributed by atoms with E-state index in [0.717, 1.165) is 0 Å². The number of aromatic nitrogens is 1. The summed E-state index contributed by atoms with van der Waals surface area (Å²) in [5.41, 5.74) is 0.123. The van der Waals surface area contributed by atoms with Gasteiger partial charge >= 0.3 is 6.09 Å². The zero-order chi connectivity index (χ0) is 13.1. The molecule has 1 rings (SSSR count). The van der Waals surface area contributed by atoms with Gasteiger partial charge < -0.3 is 14.6 Å². The van der Waals surface area contributed by atoms with Crippen molar-refractivity contribution in [2.24, 2.45) is 0 Å². The molecule has 0 saturated heterocycles. The first-order valence-corrected chi connectivity index (χ1v) is 5.17. The van der Waals surface area contributed by atoms with E-state index in [1.807, 2.05) is 6.07 Å². The van der Waals surface area contributed by atoms with Crippen LogP contribution in [0.4, 0.5) is 4.79 Å². The summed E-state index contributed by atoms with van der Waals surface area (Å²) < 4.78 is 9.76. The molecule has 6 nitrogen and oxygen atoms in total. The molecule has 0 bridgehead atoms. The Hall–Kier alpha value is -2.03. The maximum Gasteiger partial charge on any atom is 0.408 e. The molecule has 0 aliphatic carbocycles. The fraction of sp³-hybridized carbons (Fsp3) is 0.545. The summed E-state index contributed by atoms with van der Waals surface area (Å²) >= 11 is 0. The Morgan fingerprint density at radius 3 is 2.82 bits per heavy atom. The fourth-order valence-corrected chi connectivity index (χ4v) is 1.19. The summed E-state index contributed by atoms with van der Waals surface area (Å²) in [5.74, 6) is 0. The van der Waals surface area contributed by atoms with Gasteiger partial charge in [0, 0.05) is 0 Å². The highest BCUT2D eigenvalue weighted by Gasteiger charge is 2.21. The van der Waals surface area contributed by atoms with Crippen LogP contribution in [0.25, 0.3) is 0 Å². The Balaban J connectivity index is 2.65. The number of alkyl carbamates (subject to hydrolysis) is 1. The van der Waals surface area contributed by atoms with Crippen LogP contribution < -0.4 is 5.32 Å². The highest BCUT2D eigenvalue weighted by Crippen LogP contribution is 2.16. The van der Waals surface area contributed by atoms with Gasteiger partial charge in [0.05, 0.1) is 6.04 Å². The molecule has 0 fully saturated rings. The van der Waals surface area contributed by atoms with Crippen LogP contribution in [0.2, 0.25) is 0 Å². The maximum absolute atomic E-state index is 11.5. The molecule has 1 heterocycles. The maximum atomic E-state index is 11.5. The van der Waals surface area contributed by atoms with Crippen LogP contribution in [0.3, 0.4) is 0 Å². The summed E-state index contributed by atoms with van der Waals surface area (Å²) in [6.45, 7) is 7.01. The molecule has 0 radical (unpaired) electrons. The minimum absolute atomic E-state index is 0.300. The van der Waals surface area contributed by atoms with Gasteiger partial charge in [0.2, 0.25) is 0 Å². The number of nitrogens with zero attached hydrogens (tertiary/aromatic N) is 2. The molecule has 0 saturated carbocycles. The topological polar surface area (TPSA) is 88.2 Å². The number of carbonyl (C=O) groups excluding carboxylic acids is 1. The Morgan fingerprint density at radius 1 is 1.65 bits per heavy atom. The molecule has 0 aliphatic heterocycles. The molecule has 1 aromatic rings. The number of hydrogen-bond acceptors (Lipinski definition) is 5. The van der Waals surface area contributed by atoms with Crippen molar-refractivity contribution in [3.63, 3.8) is 0 Å². The third-order valence-electron chi connectivity index (χ3n) is 1.86. The van der Waals surface area contributed by atoms with Crippen molar-refractivity contribution in [1.29, 1.82) is 5.26 Å². The summed E-state index contributed by atoms with van der Waals surface area (Å²) in [4.78, 5) is 11.5. The SMILES string of the molecule is CC(NC(=O)OC(C)(C)C)c1nocc1C#N. The van der Waals surface area contributed by atoms with Crippen LogP contribution in [-0.2, 0) is 4.74 Å². The van der Waals surface area contributed by atoms with E-state index in [0.29, 0.717) is 11.3 Å². The first-order chi connectivity index (χ1) is 7.83. The smallest absolute Gasteiger partial charge is 0.408 e. The Kier molecular flexibility index (Phi) is 3.73. The highest BCUT2D eigenvalue weighted by molar-refractivity contribution is 5.68. The average Bonchev–Trinajstić information content (AvgIpc) is 2.61. The summed E-state index contributed by atoms with van der Waals surface area (Å²) in [6.07, 6.45) is 0.680. The van der Waals surface area contributed by atoms with Gasteiger partial charge in [0.1, 0.15) is 29.2 Å². The number of amides is 1. The van der Waals surface area contributed by atoms with Crippen molar-refractivity contribution in [3.8, 4) is 6.07 Å². The number of hydrogen-bond donors (Lipinski definition) is 1. The lowest BCUT2D eigenvalue weighted by Crippen LogP contribution is -2.34. The number of ether oxygens (including phenoxy) is 1. The molecule has 1 atom stereocenters. The lowest BCUT2D eigenvalue weighted by Gasteiger charge is -2.21. The molecular formula is C11H15N3O3. The molecule has 17 heavy (non-hydrogen) atoms. The lowest BCUT2D eigenvalue weighted by atomic mass is 10.1. The molecule has 1 unspecified atom stereocenters. The minimum Gasteiger partial charge on any atom is -0.444 e. The predicted molar refractivity (Wildman–Crippen MR) is 59.0 cm³/mol. The molecule has 1 amide bonds. The van der Waals surface area contributed by atoms with Gasteiger partial charge in [-0.2, -0.15) is 5.26 Å². The van der Waals surface area contributed by atoms with E-state index in [1.54, 1.807) is 27.7 Å². The Morgan fingerprint density at radius 2 is 2.29 bits per heavy atom. The summed E-state index contributed by atoms with van der Waals surface area (Å²) in [7, 11) is 0. The molecule has 6 heteroatoms. The number of nitrogens with one attached hydrogen (secondary N) is 1. The van der Waals surface area contributed by atoms with Crippen LogP contribution in [0.5, 0.6) is 0 Å². The number of carbonyl (C=O) groups is 1. The first-order valence-electron chi connectivity index (χ1n) is 5.17. The van der Waals surface area contributed by atoms with Gasteiger partial charge in [-0.25, -0.2) is 4.79 Å². The van der Waals surface area contributed by atoms with Gasteiger partial charge in [-0.1, -0.05) is 5.16 Å². The van der Waals surface area contributed by atoms with Crippen molar-refractivity contribution >= 4 is 6.09 Å². The van der Waals surface area contributed by atoms with Crippen LogP contribution in [0.15, 0.2) is 10.8 Å². The predicted octanol–water partition coefficient (Wildman–Crippen LogP) is 2.13. The van der Waals surface area contributed by atoms with Crippen LogP contribution >= 0.6 is 0 Å². The molecule has 0 aromatic carbocycles. The lowest BCUT2D eigenvalue weighted by molar-refractivity contribution is 0.0506. The molecule has 1 aromatic heterocycles. The van der Waals surface area contributed by atoms with Gasteiger partial charge in [-0.15, -0.1) is 0 Å². The molecule has 0 aliphatic rings. The number of nitriles is 1. The van der Waals surface area contributed by atoms with Crippen molar-refractivity contribution in [3.05, 3.63) is 17.5 Å². The van der Waals surface area contributed by atoms with E-state index in [9.17, 15) is 4.79 Å². The summed E-state index contributed by atoms with van der Waals surface area (Å²) in [6, 6.07) is 1.48. The first kappa shape index (κ1) is 13.0. The highest BCUT2D eigenvalue weighted by atomic mass is 16.6. The standard InChI is InChI=1S/C11H15N3O3/c1-7(9-8(5-12)6-16-14-9)13-10(15)17-11(2,3)4/h6-7H,1-4H3,(H,13,15). The van der Waals surface area contributed by atoms with E-state index in [2.05, 4.69) is 15.0 Å². The minimum atomic E-state index is -0.564. The molecule has 92 valence electrons. The monoisotopic (exact) mass is 237 g/mol. The van der Waals surface area contributed by atoms with Crippen molar-refractivity contribution < 1.29 is 14.1 Å². The average molecular weight is 237 g/mol. The Labute approximate surface area is 99.5 Å². The van der Waals surface area contributed by atoms with Crippen molar-refractivity contribution in [1.82, 2.24) is 10.5 Å². The second-order valence-electron chi connectivity index (χ2n) is 4.59. The van der Waals surface area contributed by atoms with Gasteiger partial charge in [0.15, 0.2) is 0 Å². The van der Waals surface area contributed by atoms with Crippen molar-refractivity contribution in [2.45, 2.75) is 39.3 Å². The third kappa shape index (κ3) is 3.79. The van der Waals surface area contributed by atoms with Gasteiger partial charge in [-0.05, 0) is 27.7 Å². The van der Waals surface area contributed by atoms with E-state index < -0.39 is 17.7 Å². The zero-order valence-electron chi connectivity index (χ0n) is 10.3. The summed E-state index contributed by atoms with van der Waals surface area (Å²) in [5, 5.41) is 15.0. The van der Waals surface area contributed by atoms with Crippen LogP contribution in [0, 0.1) is 11.3 Å². The quantitative estimate of drug-likeness (QED) is 0.851. The molecule has 1 N–H and O–H groups in total. The normalized spacial score (nSPS) is 12.6. The zero-order valence-corrected chi connectivity index (χ0v) is 10.3. The third-order valence-corrected chi connectivity index (χ3v) is 1.86. The molecular weight excluding hydrogens is 222 g/mol. The van der Waals surface area contributed by atoms with E-state index in [1.165, 1.54) is 6.26 Å². The van der Waals surface area contributed by atoms with Gasteiger partial charge in [0.25, 0.3) is 0 Å². The Bertz CT molecular complexity index is 440. The van der Waals surface area contributed by atoms with Crippen molar-refractivity contribution in [2.75, 3.05) is 0 Å². The molecule has 0 spiro atoms. The van der Waals surface area contributed by atoms with E-state index >= 15 is 0 Å². The fourth-order valence-electron chi connectivity index (χ4n) is 1.19. The van der Waals surface area contributed by atoms with Gasteiger partial charge in [-0.3, -0.25) is 0 Å². The van der Waals surface area contributed by atoms with Crippen LogP contribution in [-0.4, -0.2) is 16.9 Å². The second kappa shape index (κ2) is 4.87. The number of rotatable bonds is 2.